The van der Waals surface area contributed by atoms with Crippen LogP contribution >= 0.6 is 15.9 Å². The van der Waals surface area contributed by atoms with Crippen LogP contribution in [0.25, 0.3) is 0 Å². The van der Waals surface area contributed by atoms with Crippen LogP contribution in [0, 0.1) is 0 Å². The first-order valence-electron chi connectivity index (χ1n) is 6.18. The van der Waals surface area contributed by atoms with Crippen molar-refractivity contribution in [1.82, 2.24) is 9.55 Å². The molecule has 0 aliphatic heterocycles. The summed E-state index contributed by atoms with van der Waals surface area (Å²) < 4.78 is 8.53. The monoisotopic (exact) mass is 323 g/mol. The minimum absolute atomic E-state index is 0.102. The average molecular weight is 324 g/mol. The molecule has 0 radical (unpaired) electrons. The fraction of sp³-hybridized carbons (Fsp3) is 0.357. The molecule has 19 heavy (non-hydrogen) atoms. The van der Waals surface area contributed by atoms with Gasteiger partial charge in [-0.05, 0) is 25.1 Å². The third-order valence-electron chi connectivity index (χ3n) is 2.89. The molecule has 1 aromatic heterocycles. The van der Waals surface area contributed by atoms with Crippen LogP contribution in [-0.2, 0) is 13.0 Å². The Kier molecular flexibility index (Phi) is 4.61. The predicted molar refractivity (Wildman–Crippen MR) is 79.4 cm³/mol. The highest BCUT2D eigenvalue weighted by atomic mass is 79.9. The molecule has 0 saturated carbocycles. The quantitative estimate of drug-likeness (QED) is 0.920. The number of benzene rings is 1. The number of methoxy groups -OCH3 is 1. The van der Waals surface area contributed by atoms with E-state index in [1.54, 1.807) is 7.11 Å². The maximum absolute atomic E-state index is 5.84. The van der Waals surface area contributed by atoms with Gasteiger partial charge in [-0.1, -0.05) is 15.9 Å². The van der Waals surface area contributed by atoms with Gasteiger partial charge in [0.25, 0.3) is 0 Å². The molecule has 102 valence electrons. The summed E-state index contributed by atoms with van der Waals surface area (Å²) in [5.41, 5.74) is 6.95. The lowest BCUT2D eigenvalue weighted by atomic mass is 10.2. The van der Waals surface area contributed by atoms with E-state index < -0.39 is 0 Å². The fourth-order valence-electron chi connectivity index (χ4n) is 2.02. The first-order chi connectivity index (χ1) is 9.10. The standard InChI is InChI=1S/C14H18BrN3O/c1-10(16)7-14-17-5-6-18(14)9-11-8-12(15)3-4-13(11)19-2/h3-6,8,10H,7,9,16H2,1-2H3. The molecule has 2 N–H and O–H groups in total. The van der Waals surface area contributed by atoms with Crippen molar-refractivity contribution in [3.8, 4) is 5.75 Å². The van der Waals surface area contributed by atoms with Gasteiger partial charge >= 0.3 is 0 Å². The topological polar surface area (TPSA) is 53.1 Å². The van der Waals surface area contributed by atoms with Gasteiger partial charge in [-0.2, -0.15) is 0 Å². The molecule has 5 heteroatoms. The van der Waals surface area contributed by atoms with Gasteiger partial charge in [-0.25, -0.2) is 4.98 Å². The molecule has 1 atom stereocenters. The summed E-state index contributed by atoms with van der Waals surface area (Å²) in [6, 6.07) is 6.10. The molecule has 0 spiro atoms. The van der Waals surface area contributed by atoms with Crippen molar-refractivity contribution in [2.24, 2.45) is 5.73 Å². The highest BCUT2D eigenvalue weighted by Crippen LogP contribution is 2.24. The number of halogens is 1. The third-order valence-corrected chi connectivity index (χ3v) is 3.38. The van der Waals surface area contributed by atoms with Crippen LogP contribution in [0.4, 0.5) is 0 Å². The Hall–Kier alpha value is -1.33. The van der Waals surface area contributed by atoms with Crippen molar-refractivity contribution >= 4 is 15.9 Å². The minimum atomic E-state index is 0.102. The smallest absolute Gasteiger partial charge is 0.123 e. The van der Waals surface area contributed by atoms with E-state index in [9.17, 15) is 0 Å². The fourth-order valence-corrected chi connectivity index (χ4v) is 2.42. The molecule has 1 heterocycles. The van der Waals surface area contributed by atoms with E-state index in [0.717, 1.165) is 34.6 Å². The van der Waals surface area contributed by atoms with Crippen molar-refractivity contribution in [1.29, 1.82) is 0 Å². The zero-order valence-corrected chi connectivity index (χ0v) is 12.7. The maximum atomic E-state index is 5.84. The van der Waals surface area contributed by atoms with Gasteiger partial charge in [0.1, 0.15) is 11.6 Å². The second-order valence-corrected chi connectivity index (χ2v) is 5.52. The Labute approximate surface area is 121 Å². The average Bonchev–Trinajstić information content (AvgIpc) is 2.76. The molecule has 4 nitrogen and oxygen atoms in total. The van der Waals surface area contributed by atoms with E-state index in [2.05, 4.69) is 31.5 Å². The summed E-state index contributed by atoms with van der Waals surface area (Å²) in [4.78, 5) is 4.36. The van der Waals surface area contributed by atoms with E-state index in [0.29, 0.717) is 0 Å². The van der Waals surface area contributed by atoms with Gasteiger partial charge in [0.2, 0.25) is 0 Å². The summed E-state index contributed by atoms with van der Waals surface area (Å²) >= 11 is 3.49. The normalized spacial score (nSPS) is 12.4. The zero-order chi connectivity index (χ0) is 13.8. The first-order valence-corrected chi connectivity index (χ1v) is 6.97. The molecule has 2 aromatic rings. The van der Waals surface area contributed by atoms with Gasteiger partial charge in [0, 0.05) is 34.9 Å². The summed E-state index contributed by atoms with van der Waals surface area (Å²) in [7, 11) is 1.68. The van der Waals surface area contributed by atoms with Gasteiger partial charge < -0.3 is 15.0 Å². The highest BCUT2D eigenvalue weighted by molar-refractivity contribution is 9.10. The SMILES string of the molecule is COc1ccc(Br)cc1Cn1ccnc1CC(C)N. The molecule has 0 bridgehead atoms. The number of imidazole rings is 1. The largest absolute Gasteiger partial charge is 0.496 e. The first kappa shape index (κ1) is 14.1. The molecular weight excluding hydrogens is 306 g/mol. The number of hydrogen-bond donors (Lipinski definition) is 1. The summed E-state index contributed by atoms with van der Waals surface area (Å²) in [6.45, 7) is 2.71. The summed E-state index contributed by atoms with van der Waals surface area (Å²) in [5.74, 6) is 1.88. The molecule has 0 aliphatic carbocycles. The van der Waals surface area contributed by atoms with Crippen molar-refractivity contribution in [3.05, 3.63) is 46.5 Å². The van der Waals surface area contributed by atoms with Crippen molar-refractivity contribution in [3.63, 3.8) is 0 Å². The molecule has 1 aromatic carbocycles. The zero-order valence-electron chi connectivity index (χ0n) is 11.1. The highest BCUT2D eigenvalue weighted by Gasteiger charge is 2.09. The molecule has 0 amide bonds. The molecule has 0 fully saturated rings. The Balaban J connectivity index is 2.26. The van der Waals surface area contributed by atoms with Crippen molar-refractivity contribution in [2.45, 2.75) is 25.9 Å². The lowest BCUT2D eigenvalue weighted by molar-refractivity contribution is 0.408. The van der Waals surface area contributed by atoms with Crippen molar-refractivity contribution in [2.75, 3.05) is 7.11 Å². The van der Waals surface area contributed by atoms with Crippen LogP contribution in [0.5, 0.6) is 5.75 Å². The second kappa shape index (κ2) is 6.21. The van der Waals surface area contributed by atoms with Gasteiger partial charge in [0.05, 0.1) is 13.7 Å². The number of nitrogens with two attached hydrogens (primary N) is 1. The molecule has 0 saturated heterocycles. The van der Waals surface area contributed by atoms with Gasteiger partial charge in [-0.3, -0.25) is 0 Å². The number of nitrogens with zero attached hydrogens (tertiary/aromatic N) is 2. The van der Waals surface area contributed by atoms with Gasteiger partial charge in [-0.15, -0.1) is 0 Å². The van der Waals surface area contributed by atoms with Crippen LogP contribution in [0.15, 0.2) is 35.1 Å². The third kappa shape index (κ3) is 3.58. The molecule has 1 unspecified atom stereocenters. The lowest BCUT2D eigenvalue weighted by Crippen LogP contribution is -2.20. The maximum Gasteiger partial charge on any atom is 0.123 e. The Morgan fingerprint density at radius 3 is 2.95 bits per heavy atom. The molecule has 0 aliphatic rings. The number of ether oxygens (including phenoxy) is 1. The Bertz CT molecular complexity index is 551. The van der Waals surface area contributed by atoms with E-state index in [1.807, 2.05) is 31.5 Å². The van der Waals surface area contributed by atoms with Crippen LogP contribution in [0.2, 0.25) is 0 Å². The Morgan fingerprint density at radius 2 is 2.26 bits per heavy atom. The van der Waals surface area contributed by atoms with E-state index in [4.69, 9.17) is 10.5 Å². The van der Waals surface area contributed by atoms with E-state index in [1.165, 1.54) is 0 Å². The minimum Gasteiger partial charge on any atom is -0.496 e. The summed E-state index contributed by atoms with van der Waals surface area (Å²) in [5, 5.41) is 0. The number of rotatable bonds is 5. The number of aromatic nitrogens is 2. The number of hydrogen-bond acceptors (Lipinski definition) is 3. The predicted octanol–water partition coefficient (Wildman–Crippen LogP) is 2.59. The molecule has 2 rings (SSSR count). The van der Waals surface area contributed by atoms with Crippen LogP contribution in [0.1, 0.15) is 18.3 Å². The van der Waals surface area contributed by atoms with Crippen LogP contribution < -0.4 is 10.5 Å². The molecular formula is C14H18BrN3O. The van der Waals surface area contributed by atoms with Crippen LogP contribution in [-0.4, -0.2) is 22.7 Å². The lowest BCUT2D eigenvalue weighted by Gasteiger charge is -2.13. The van der Waals surface area contributed by atoms with E-state index >= 15 is 0 Å². The van der Waals surface area contributed by atoms with Gasteiger partial charge in [0.15, 0.2) is 0 Å². The van der Waals surface area contributed by atoms with Crippen molar-refractivity contribution < 1.29 is 4.74 Å². The second-order valence-electron chi connectivity index (χ2n) is 4.61. The summed E-state index contributed by atoms with van der Waals surface area (Å²) in [6.07, 6.45) is 4.55. The van der Waals surface area contributed by atoms with Crippen LogP contribution in [0.3, 0.4) is 0 Å². The Morgan fingerprint density at radius 1 is 1.47 bits per heavy atom. The van der Waals surface area contributed by atoms with E-state index in [-0.39, 0.29) is 6.04 Å².